The summed E-state index contributed by atoms with van der Waals surface area (Å²) in [5, 5.41) is 4.11. The second-order valence-electron chi connectivity index (χ2n) is 10.5. The zero-order valence-electron chi connectivity index (χ0n) is 24.2. The molecule has 4 aromatic carbocycles. The molecule has 0 aromatic heterocycles. The Balaban J connectivity index is 1.80. The third-order valence-corrected chi connectivity index (χ3v) is 9.27. The normalized spacial score (nSPS) is 12.0. The van der Waals surface area contributed by atoms with Gasteiger partial charge in [0.2, 0.25) is 11.8 Å². The monoisotopic (exact) mass is 671 g/mol. The molecule has 1 N–H and O–H groups in total. The molecule has 2 amide bonds. The quantitative estimate of drug-likeness (QED) is 0.176. The Morgan fingerprint density at radius 3 is 1.95 bits per heavy atom. The van der Waals surface area contributed by atoms with Crippen LogP contribution in [0.1, 0.15) is 25.0 Å². The van der Waals surface area contributed by atoms with Gasteiger partial charge in [-0.3, -0.25) is 13.9 Å². The van der Waals surface area contributed by atoms with Crippen LogP contribution >= 0.6 is 34.8 Å². The number of carbonyl (C=O) groups excluding carboxylic acids is 2. The fourth-order valence-electron chi connectivity index (χ4n) is 4.61. The minimum Gasteiger partial charge on any atom is -0.352 e. The lowest BCUT2D eigenvalue weighted by Gasteiger charge is -2.34. The largest absolute Gasteiger partial charge is 0.352 e. The Morgan fingerprint density at radius 2 is 1.36 bits per heavy atom. The Hall–Kier alpha value is -3.56. The van der Waals surface area contributed by atoms with Gasteiger partial charge in [-0.15, -0.1) is 0 Å². The van der Waals surface area contributed by atoms with E-state index >= 15 is 0 Å². The molecule has 0 aliphatic heterocycles. The van der Waals surface area contributed by atoms with Crippen molar-refractivity contribution in [3.05, 3.63) is 129 Å². The summed E-state index contributed by atoms with van der Waals surface area (Å²) in [6, 6.07) is 27.0. The van der Waals surface area contributed by atoms with Gasteiger partial charge in [0.25, 0.3) is 10.0 Å². The highest BCUT2D eigenvalue weighted by Crippen LogP contribution is 2.28. The van der Waals surface area contributed by atoms with Crippen molar-refractivity contribution in [1.29, 1.82) is 0 Å². The highest BCUT2D eigenvalue weighted by molar-refractivity contribution is 7.92. The van der Waals surface area contributed by atoms with Crippen LogP contribution in [-0.4, -0.2) is 43.8 Å². The van der Waals surface area contributed by atoms with Crippen LogP contribution in [-0.2, 0) is 32.6 Å². The number of hydrogen-bond acceptors (Lipinski definition) is 4. The van der Waals surface area contributed by atoms with E-state index in [1.807, 2.05) is 44.2 Å². The summed E-state index contributed by atoms with van der Waals surface area (Å²) in [5.74, 6) is -0.946. The molecule has 44 heavy (non-hydrogen) atoms. The first-order valence-electron chi connectivity index (χ1n) is 13.9. The lowest BCUT2D eigenvalue weighted by molar-refractivity contribution is -0.140. The van der Waals surface area contributed by atoms with Gasteiger partial charge in [0, 0.05) is 34.1 Å². The standard InChI is InChI=1S/C33H32Cl3N3O4S/c1-23(2)37-33(41)31(19-24-7-4-3-5-8-24)38(21-25-11-13-26(34)14-12-25)32(40)22-39(29-10-6-9-28(36)20-29)44(42,43)30-17-15-27(35)16-18-30/h3-18,20,23,31H,19,21-22H2,1-2H3,(H,37,41)/t31-/m1/s1. The fourth-order valence-corrected chi connectivity index (χ4v) is 6.46. The Bertz CT molecular complexity index is 1680. The maximum Gasteiger partial charge on any atom is 0.264 e. The molecule has 4 rings (SSSR count). The van der Waals surface area contributed by atoms with E-state index < -0.39 is 28.5 Å². The lowest BCUT2D eigenvalue weighted by Crippen LogP contribution is -2.54. The Morgan fingerprint density at radius 1 is 0.750 bits per heavy atom. The third-order valence-electron chi connectivity index (χ3n) is 6.74. The molecule has 0 aliphatic rings. The van der Waals surface area contributed by atoms with Crippen LogP contribution in [0.25, 0.3) is 0 Å². The Labute approximate surface area is 273 Å². The van der Waals surface area contributed by atoms with Gasteiger partial charge in [-0.25, -0.2) is 8.42 Å². The fraction of sp³-hybridized carbons (Fsp3) is 0.212. The van der Waals surface area contributed by atoms with Crippen LogP contribution in [0.2, 0.25) is 15.1 Å². The smallest absolute Gasteiger partial charge is 0.264 e. The zero-order chi connectivity index (χ0) is 31.9. The predicted octanol–water partition coefficient (Wildman–Crippen LogP) is 7.01. The van der Waals surface area contributed by atoms with Gasteiger partial charge in [0.1, 0.15) is 12.6 Å². The van der Waals surface area contributed by atoms with Gasteiger partial charge in [-0.1, -0.05) is 83.3 Å². The van der Waals surface area contributed by atoms with Gasteiger partial charge in [-0.05, 0) is 79.6 Å². The summed E-state index contributed by atoms with van der Waals surface area (Å²) in [6.07, 6.45) is 0.208. The average Bonchev–Trinajstić information content (AvgIpc) is 2.98. The van der Waals surface area contributed by atoms with Crippen molar-refractivity contribution in [2.75, 3.05) is 10.8 Å². The summed E-state index contributed by atoms with van der Waals surface area (Å²) in [5.41, 5.74) is 1.75. The first-order valence-corrected chi connectivity index (χ1v) is 16.4. The molecule has 0 bridgehead atoms. The second kappa shape index (κ2) is 14.9. The maximum absolute atomic E-state index is 14.4. The van der Waals surface area contributed by atoms with Crippen molar-refractivity contribution >= 4 is 62.3 Å². The van der Waals surface area contributed by atoms with Crippen LogP contribution in [0.15, 0.2) is 108 Å². The first-order chi connectivity index (χ1) is 20.9. The third kappa shape index (κ3) is 8.76. The van der Waals surface area contributed by atoms with E-state index in [-0.39, 0.29) is 35.5 Å². The minimum absolute atomic E-state index is 0.0311. The zero-order valence-corrected chi connectivity index (χ0v) is 27.2. The Kier molecular flexibility index (Phi) is 11.3. The molecule has 11 heteroatoms. The number of hydrogen-bond donors (Lipinski definition) is 1. The molecular weight excluding hydrogens is 641 g/mol. The summed E-state index contributed by atoms with van der Waals surface area (Å²) in [4.78, 5) is 29.5. The number of benzene rings is 4. The van der Waals surface area contributed by atoms with Crippen molar-refractivity contribution in [3.63, 3.8) is 0 Å². The van der Waals surface area contributed by atoms with Crippen molar-refractivity contribution in [1.82, 2.24) is 10.2 Å². The number of nitrogens with one attached hydrogen (secondary N) is 1. The van der Waals surface area contributed by atoms with E-state index in [9.17, 15) is 18.0 Å². The van der Waals surface area contributed by atoms with E-state index in [4.69, 9.17) is 34.8 Å². The number of carbonyl (C=O) groups is 2. The average molecular weight is 673 g/mol. The van der Waals surface area contributed by atoms with E-state index in [1.54, 1.807) is 42.5 Å². The van der Waals surface area contributed by atoms with Gasteiger partial charge in [-0.2, -0.15) is 0 Å². The molecule has 7 nitrogen and oxygen atoms in total. The highest BCUT2D eigenvalue weighted by Gasteiger charge is 2.35. The SMILES string of the molecule is CC(C)NC(=O)[C@@H](Cc1ccccc1)N(Cc1ccc(Cl)cc1)C(=O)CN(c1cccc(Cl)c1)S(=O)(=O)c1ccc(Cl)cc1. The van der Waals surface area contributed by atoms with Gasteiger partial charge in [0.05, 0.1) is 10.6 Å². The summed E-state index contributed by atoms with van der Waals surface area (Å²) in [7, 11) is -4.27. The van der Waals surface area contributed by atoms with Crippen molar-refractivity contribution in [2.24, 2.45) is 0 Å². The molecule has 0 unspecified atom stereocenters. The van der Waals surface area contributed by atoms with Crippen LogP contribution in [0.4, 0.5) is 5.69 Å². The van der Waals surface area contributed by atoms with Crippen LogP contribution in [0.3, 0.4) is 0 Å². The van der Waals surface area contributed by atoms with Crippen LogP contribution < -0.4 is 9.62 Å². The molecule has 4 aromatic rings. The molecule has 0 heterocycles. The van der Waals surface area contributed by atoms with Crippen molar-refractivity contribution < 1.29 is 18.0 Å². The molecular formula is C33H32Cl3N3O4S. The summed E-state index contributed by atoms with van der Waals surface area (Å²) >= 11 is 18.4. The van der Waals surface area contributed by atoms with Crippen LogP contribution in [0.5, 0.6) is 0 Å². The molecule has 230 valence electrons. The molecule has 0 fully saturated rings. The van der Waals surface area contributed by atoms with Gasteiger partial charge in [0.15, 0.2) is 0 Å². The number of amides is 2. The molecule has 0 spiro atoms. The van der Waals surface area contributed by atoms with E-state index in [0.29, 0.717) is 20.6 Å². The molecule has 0 radical (unpaired) electrons. The molecule has 0 saturated heterocycles. The summed E-state index contributed by atoms with van der Waals surface area (Å²) < 4.78 is 29.0. The summed E-state index contributed by atoms with van der Waals surface area (Å²) in [6.45, 7) is 3.10. The van der Waals surface area contributed by atoms with E-state index in [2.05, 4.69) is 5.32 Å². The maximum atomic E-state index is 14.4. The van der Waals surface area contributed by atoms with Gasteiger partial charge < -0.3 is 10.2 Å². The van der Waals surface area contributed by atoms with Crippen LogP contribution in [0, 0.1) is 0 Å². The topological polar surface area (TPSA) is 86.8 Å². The number of halogens is 3. The first kappa shape index (κ1) is 33.3. The number of anilines is 1. The molecule has 0 aliphatic carbocycles. The predicted molar refractivity (Wildman–Crippen MR) is 177 cm³/mol. The second-order valence-corrected chi connectivity index (χ2v) is 13.6. The number of nitrogens with zero attached hydrogens (tertiary/aromatic N) is 2. The highest BCUT2D eigenvalue weighted by atomic mass is 35.5. The number of rotatable bonds is 12. The van der Waals surface area contributed by atoms with Crippen molar-refractivity contribution in [3.8, 4) is 0 Å². The van der Waals surface area contributed by atoms with Gasteiger partial charge >= 0.3 is 0 Å². The molecule has 0 saturated carbocycles. The minimum atomic E-state index is -4.27. The lowest BCUT2D eigenvalue weighted by atomic mass is 10.0. The number of sulfonamides is 1. The van der Waals surface area contributed by atoms with Crippen molar-refractivity contribution in [2.45, 2.75) is 43.8 Å². The van der Waals surface area contributed by atoms with E-state index in [1.165, 1.54) is 35.2 Å². The van der Waals surface area contributed by atoms with E-state index in [0.717, 1.165) is 9.87 Å². The molecule has 1 atom stereocenters.